The molecule has 0 amide bonds. The topological polar surface area (TPSA) is 137 Å². The van der Waals surface area contributed by atoms with Gasteiger partial charge in [-0.05, 0) is 35.9 Å². The minimum absolute atomic E-state index is 0.00163. The first kappa shape index (κ1) is 20.7. The molecule has 166 valence electrons. The zero-order valence-corrected chi connectivity index (χ0v) is 17.5. The first-order valence-electron chi connectivity index (χ1n) is 9.78. The first-order chi connectivity index (χ1) is 15.7. The average Bonchev–Trinajstić information content (AvgIpc) is 2.76. The van der Waals surface area contributed by atoms with Crippen molar-refractivity contribution in [3.8, 4) is 40.1 Å². The molecule has 4 aromatic rings. The van der Waals surface area contributed by atoms with Gasteiger partial charge in [0.25, 0.3) is 0 Å². The van der Waals surface area contributed by atoms with Crippen LogP contribution in [0.1, 0.15) is 23.5 Å². The molecule has 5 rings (SSSR count). The highest BCUT2D eigenvalue weighted by molar-refractivity contribution is 6.32. The van der Waals surface area contributed by atoms with E-state index in [-0.39, 0.29) is 45.4 Å². The number of esters is 1. The van der Waals surface area contributed by atoms with Gasteiger partial charge in [0, 0.05) is 29.2 Å². The van der Waals surface area contributed by atoms with Gasteiger partial charge in [-0.3, -0.25) is 9.59 Å². The molecule has 0 aliphatic carbocycles. The monoisotopic (exact) mass is 466 g/mol. The van der Waals surface area contributed by atoms with Crippen LogP contribution in [0.3, 0.4) is 0 Å². The van der Waals surface area contributed by atoms with E-state index >= 15 is 0 Å². The van der Waals surface area contributed by atoms with Crippen LogP contribution in [0.25, 0.3) is 22.3 Å². The number of hydrogen-bond acceptors (Lipinski definition) is 8. The van der Waals surface area contributed by atoms with Gasteiger partial charge >= 0.3 is 5.97 Å². The van der Waals surface area contributed by atoms with Gasteiger partial charge in [-0.1, -0.05) is 17.7 Å². The van der Waals surface area contributed by atoms with E-state index in [1.54, 1.807) is 6.07 Å². The second-order valence-electron chi connectivity index (χ2n) is 7.63. The van der Waals surface area contributed by atoms with Crippen molar-refractivity contribution in [3.63, 3.8) is 0 Å². The normalized spacial score (nSPS) is 15.3. The molecule has 4 N–H and O–H groups in total. The summed E-state index contributed by atoms with van der Waals surface area (Å²) in [6.45, 7) is 0. The van der Waals surface area contributed by atoms with Gasteiger partial charge < -0.3 is 29.6 Å². The number of phenols is 4. The molecule has 0 saturated heterocycles. The number of aromatic hydroxyl groups is 4. The van der Waals surface area contributed by atoms with E-state index in [1.165, 1.54) is 36.4 Å². The quantitative estimate of drug-likeness (QED) is 0.194. The SMILES string of the molecule is O=C1C[C@@H](c2ccc(O)c(Cl)c2)c2c(cc(O)c3c(=O)cc(-c4ccc(O)c(O)c4)oc23)O1. The predicted octanol–water partition coefficient (Wildman–Crippen LogP) is 4.38. The number of carbonyl (C=O) groups is 1. The van der Waals surface area contributed by atoms with Crippen molar-refractivity contribution < 1.29 is 34.4 Å². The van der Waals surface area contributed by atoms with Crippen molar-refractivity contribution in [1.82, 2.24) is 0 Å². The van der Waals surface area contributed by atoms with Crippen LogP contribution in [0.2, 0.25) is 5.02 Å². The number of rotatable bonds is 2. The fourth-order valence-corrected chi connectivity index (χ4v) is 4.19. The van der Waals surface area contributed by atoms with Gasteiger partial charge in [0.1, 0.15) is 34.0 Å². The summed E-state index contributed by atoms with van der Waals surface area (Å²) in [5.74, 6) is -2.40. The summed E-state index contributed by atoms with van der Waals surface area (Å²) in [6, 6.07) is 10.7. The fourth-order valence-electron chi connectivity index (χ4n) is 4.00. The molecule has 2 heterocycles. The maximum absolute atomic E-state index is 12.9. The van der Waals surface area contributed by atoms with Crippen molar-refractivity contribution in [2.45, 2.75) is 12.3 Å². The molecule has 1 atom stereocenters. The van der Waals surface area contributed by atoms with Gasteiger partial charge in [-0.15, -0.1) is 0 Å². The highest BCUT2D eigenvalue weighted by atomic mass is 35.5. The Morgan fingerprint density at radius 2 is 1.61 bits per heavy atom. The van der Waals surface area contributed by atoms with Crippen molar-refractivity contribution in [2.75, 3.05) is 0 Å². The van der Waals surface area contributed by atoms with Crippen LogP contribution in [-0.2, 0) is 4.79 Å². The lowest BCUT2D eigenvalue weighted by atomic mass is 9.85. The Labute approximate surface area is 190 Å². The molecule has 0 unspecified atom stereocenters. The van der Waals surface area contributed by atoms with Gasteiger partial charge in [0.15, 0.2) is 16.9 Å². The standard InChI is InChI=1S/C24H15ClO8/c25-13-5-10(1-3-14(13)26)12-7-21(31)32-20-9-18(30)23-17(29)8-19(33-24(23)22(12)20)11-2-4-15(27)16(28)6-11/h1-6,8-9,12,26-28,30H,7H2/t12-/m0/s1. The number of halogens is 1. The Morgan fingerprint density at radius 1 is 0.848 bits per heavy atom. The van der Waals surface area contributed by atoms with Crippen LogP contribution >= 0.6 is 11.6 Å². The van der Waals surface area contributed by atoms with Crippen molar-refractivity contribution in [3.05, 3.63) is 74.9 Å². The van der Waals surface area contributed by atoms with Crippen LogP contribution in [0.15, 0.2) is 57.7 Å². The Morgan fingerprint density at radius 3 is 2.33 bits per heavy atom. The largest absolute Gasteiger partial charge is 0.507 e. The molecule has 0 fully saturated rings. The van der Waals surface area contributed by atoms with Gasteiger partial charge in [0.05, 0.1) is 11.4 Å². The molecule has 0 radical (unpaired) electrons. The summed E-state index contributed by atoms with van der Waals surface area (Å²) in [7, 11) is 0. The molecule has 3 aromatic carbocycles. The smallest absolute Gasteiger partial charge is 0.312 e. The maximum atomic E-state index is 12.9. The lowest BCUT2D eigenvalue weighted by molar-refractivity contribution is -0.135. The summed E-state index contributed by atoms with van der Waals surface area (Å²) in [5.41, 5.74) is 0.669. The van der Waals surface area contributed by atoms with E-state index < -0.39 is 28.8 Å². The molecular formula is C24H15ClO8. The van der Waals surface area contributed by atoms with E-state index in [9.17, 15) is 30.0 Å². The maximum Gasteiger partial charge on any atom is 0.312 e. The fraction of sp³-hybridized carbons (Fsp3) is 0.0833. The molecule has 0 saturated carbocycles. The third-order valence-corrected chi connectivity index (χ3v) is 5.86. The molecule has 0 spiro atoms. The second-order valence-corrected chi connectivity index (χ2v) is 8.04. The minimum Gasteiger partial charge on any atom is -0.507 e. The molecule has 1 aromatic heterocycles. The third kappa shape index (κ3) is 3.41. The van der Waals surface area contributed by atoms with Crippen LogP contribution in [0, 0.1) is 0 Å². The Balaban J connectivity index is 1.82. The Kier molecular flexibility index (Phi) is 4.68. The molecule has 8 nitrogen and oxygen atoms in total. The molecular weight excluding hydrogens is 452 g/mol. The average molecular weight is 467 g/mol. The summed E-state index contributed by atoms with van der Waals surface area (Å²) >= 11 is 6.07. The predicted molar refractivity (Wildman–Crippen MR) is 118 cm³/mol. The van der Waals surface area contributed by atoms with Crippen LogP contribution in [0.4, 0.5) is 0 Å². The van der Waals surface area contributed by atoms with Crippen LogP contribution < -0.4 is 10.2 Å². The van der Waals surface area contributed by atoms with E-state index in [2.05, 4.69) is 0 Å². The van der Waals surface area contributed by atoms with Gasteiger partial charge in [-0.2, -0.15) is 0 Å². The Hall–Kier alpha value is -4.17. The Bertz CT molecular complexity index is 1520. The molecule has 33 heavy (non-hydrogen) atoms. The number of carbonyl (C=O) groups excluding carboxylic acids is 1. The lowest BCUT2D eigenvalue weighted by Crippen LogP contribution is -2.22. The molecule has 9 heteroatoms. The van der Waals surface area contributed by atoms with E-state index in [0.29, 0.717) is 16.7 Å². The van der Waals surface area contributed by atoms with Gasteiger partial charge in [0.2, 0.25) is 0 Å². The highest BCUT2D eigenvalue weighted by Crippen LogP contribution is 2.46. The number of ether oxygens (including phenoxy) is 1. The molecule has 1 aliphatic rings. The number of fused-ring (bicyclic) bond motifs is 3. The van der Waals surface area contributed by atoms with E-state index in [1.807, 2.05) is 0 Å². The van der Waals surface area contributed by atoms with Crippen molar-refractivity contribution in [1.29, 1.82) is 0 Å². The number of phenolic OH excluding ortho intramolecular Hbond substituents is 4. The van der Waals surface area contributed by atoms with E-state index in [0.717, 1.165) is 6.07 Å². The van der Waals surface area contributed by atoms with Crippen LogP contribution in [-0.4, -0.2) is 26.4 Å². The minimum atomic E-state index is -0.644. The van der Waals surface area contributed by atoms with Crippen LogP contribution in [0.5, 0.6) is 28.7 Å². The van der Waals surface area contributed by atoms with Crippen molar-refractivity contribution >= 4 is 28.5 Å². The summed E-state index contributed by atoms with van der Waals surface area (Å²) < 4.78 is 11.3. The summed E-state index contributed by atoms with van der Waals surface area (Å²) in [4.78, 5) is 25.2. The first-order valence-corrected chi connectivity index (χ1v) is 10.2. The number of benzene rings is 3. The van der Waals surface area contributed by atoms with Gasteiger partial charge in [-0.25, -0.2) is 0 Å². The second kappa shape index (κ2) is 7.46. The number of hydrogen-bond donors (Lipinski definition) is 4. The lowest BCUT2D eigenvalue weighted by Gasteiger charge is -2.26. The molecule has 0 bridgehead atoms. The zero-order valence-electron chi connectivity index (χ0n) is 16.7. The molecule has 1 aliphatic heterocycles. The third-order valence-electron chi connectivity index (χ3n) is 5.56. The summed E-state index contributed by atoms with van der Waals surface area (Å²) in [5, 5.41) is 39.7. The van der Waals surface area contributed by atoms with Crippen molar-refractivity contribution in [2.24, 2.45) is 0 Å². The zero-order chi connectivity index (χ0) is 23.4. The highest BCUT2D eigenvalue weighted by Gasteiger charge is 2.34. The van der Waals surface area contributed by atoms with E-state index in [4.69, 9.17) is 20.8 Å². The summed E-state index contributed by atoms with van der Waals surface area (Å²) in [6.07, 6.45) is -0.0953.